The molecule has 1 aliphatic rings. The second-order valence-electron chi connectivity index (χ2n) is 10.5. The van der Waals surface area contributed by atoms with Crippen LogP contribution in [0.15, 0.2) is 72.7 Å². The molecule has 0 saturated carbocycles. The molecule has 1 atom stereocenters. The summed E-state index contributed by atoms with van der Waals surface area (Å²) in [5, 5.41) is 10.1. The lowest BCUT2D eigenvalue weighted by Gasteiger charge is -2.26. The number of nitrogen functional groups attached to an aromatic ring is 1. The van der Waals surface area contributed by atoms with Crippen molar-refractivity contribution in [1.82, 2.24) is 19.4 Å². The van der Waals surface area contributed by atoms with Crippen LogP contribution in [-0.2, 0) is 11.3 Å². The lowest BCUT2D eigenvalue weighted by Crippen LogP contribution is -2.40. The lowest BCUT2D eigenvalue weighted by atomic mass is 10.0. The Bertz CT molecular complexity index is 1630. The number of nitrogens with zero attached hydrogens (tertiary/aromatic N) is 5. The van der Waals surface area contributed by atoms with E-state index in [9.17, 15) is 10.1 Å². The van der Waals surface area contributed by atoms with Gasteiger partial charge in [-0.15, -0.1) is 0 Å². The van der Waals surface area contributed by atoms with Gasteiger partial charge in [-0.25, -0.2) is 14.4 Å². The van der Waals surface area contributed by atoms with Gasteiger partial charge < -0.3 is 25.7 Å². The summed E-state index contributed by atoms with van der Waals surface area (Å²) in [5.74, 6) is 0.351. The summed E-state index contributed by atoms with van der Waals surface area (Å²) in [6, 6.07) is 15.6. The molecule has 40 heavy (non-hydrogen) atoms. The smallest absolute Gasteiger partial charge is 0.264 e. The number of fused-ring (bicyclic) bond motifs is 1. The average Bonchev–Trinajstić information content (AvgIpc) is 3.53. The molecule has 4 N–H and O–H groups in total. The van der Waals surface area contributed by atoms with Crippen LogP contribution >= 0.6 is 0 Å². The van der Waals surface area contributed by atoms with Gasteiger partial charge in [-0.3, -0.25) is 4.79 Å². The third-order valence-corrected chi connectivity index (χ3v) is 6.81. The zero-order chi connectivity index (χ0) is 28.4. The molecular weight excluding hydrogens is 509 g/mol. The largest absolute Gasteiger partial charge is 0.457 e. The second-order valence-corrected chi connectivity index (χ2v) is 10.5. The van der Waals surface area contributed by atoms with Crippen molar-refractivity contribution in [3.8, 4) is 28.7 Å². The summed E-state index contributed by atoms with van der Waals surface area (Å²) in [5.41, 5.74) is 12.9. The van der Waals surface area contributed by atoms with Crippen LogP contribution in [0, 0.1) is 17.1 Å². The Morgan fingerprint density at radius 2 is 1.98 bits per heavy atom. The van der Waals surface area contributed by atoms with Crippen molar-refractivity contribution in [2.45, 2.75) is 44.8 Å². The van der Waals surface area contributed by atoms with Gasteiger partial charge in [0, 0.05) is 42.0 Å². The number of benzene rings is 2. The van der Waals surface area contributed by atoms with Gasteiger partial charge in [0.2, 0.25) is 0 Å². The van der Waals surface area contributed by atoms with Crippen molar-refractivity contribution < 1.29 is 13.9 Å². The van der Waals surface area contributed by atoms with Crippen LogP contribution in [0.4, 0.5) is 10.2 Å². The number of carbonyl (C=O) groups excluding carboxylic acids is 1. The van der Waals surface area contributed by atoms with Gasteiger partial charge in [0.1, 0.15) is 46.8 Å². The third-order valence-electron chi connectivity index (χ3n) is 6.81. The first-order valence-corrected chi connectivity index (χ1v) is 13.0. The molecule has 1 amide bonds. The van der Waals surface area contributed by atoms with E-state index in [1.165, 1.54) is 18.5 Å². The van der Waals surface area contributed by atoms with Crippen molar-refractivity contribution in [1.29, 1.82) is 5.26 Å². The third kappa shape index (κ3) is 5.51. The van der Waals surface area contributed by atoms with Crippen molar-refractivity contribution >= 4 is 22.8 Å². The lowest BCUT2D eigenvalue weighted by molar-refractivity contribution is -0.127. The number of amides is 1. The Balaban J connectivity index is 1.48. The molecule has 1 fully saturated rings. The number of nitriles is 1. The van der Waals surface area contributed by atoms with E-state index >= 15 is 4.39 Å². The van der Waals surface area contributed by atoms with Gasteiger partial charge in [0.15, 0.2) is 0 Å². The Kier molecular flexibility index (Phi) is 7.24. The van der Waals surface area contributed by atoms with Gasteiger partial charge >= 0.3 is 0 Å². The number of ether oxygens (including phenoxy) is 1. The van der Waals surface area contributed by atoms with Crippen molar-refractivity contribution in [3.63, 3.8) is 0 Å². The first kappa shape index (κ1) is 26.8. The van der Waals surface area contributed by atoms with Gasteiger partial charge in [0.25, 0.3) is 5.91 Å². The summed E-state index contributed by atoms with van der Waals surface area (Å²) in [6.07, 6.45) is 6.18. The predicted molar refractivity (Wildman–Crippen MR) is 151 cm³/mol. The maximum absolute atomic E-state index is 15.5. The number of nitrogens with two attached hydrogens (primary N) is 2. The van der Waals surface area contributed by atoms with Crippen molar-refractivity contribution in [2.24, 2.45) is 5.73 Å². The number of anilines is 1. The molecule has 2 aromatic carbocycles. The minimum Gasteiger partial charge on any atom is -0.457 e. The monoisotopic (exact) mass is 539 g/mol. The Labute approximate surface area is 231 Å². The zero-order valence-corrected chi connectivity index (χ0v) is 22.3. The molecule has 0 unspecified atom stereocenters. The van der Waals surface area contributed by atoms with E-state index < -0.39 is 11.4 Å². The number of carbonyl (C=O) groups is 1. The van der Waals surface area contributed by atoms with E-state index in [-0.39, 0.29) is 23.3 Å². The summed E-state index contributed by atoms with van der Waals surface area (Å²) in [4.78, 5) is 23.6. The number of likely N-dealkylation sites (tertiary alicyclic amines) is 1. The number of rotatable bonds is 7. The number of halogens is 1. The van der Waals surface area contributed by atoms with Gasteiger partial charge in [-0.1, -0.05) is 18.2 Å². The van der Waals surface area contributed by atoms with Crippen molar-refractivity contribution in [3.05, 3.63) is 78.5 Å². The summed E-state index contributed by atoms with van der Waals surface area (Å²) >= 11 is 0. The van der Waals surface area contributed by atoms with E-state index in [1.54, 1.807) is 49.2 Å². The molecule has 3 heterocycles. The molecule has 5 rings (SSSR count). The second kappa shape index (κ2) is 10.8. The highest BCUT2D eigenvalue weighted by atomic mass is 19.1. The van der Waals surface area contributed by atoms with E-state index in [4.69, 9.17) is 16.2 Å². The van der Waals surface area contributed by atoms with Crippen LogP contribution < -0.4 is 16.2 Å². The fraction of sp³-hybridized carbons (Fsp3) is 0.267. The summed E-state index contributed by atoms with van der Waals surface area (Å²) in [6.45, 7) is 4.38. The molecule has 0 aliphatic carbocycles. The van der Waals surface area contributed by atoms with E-state index in [2.05, 4.69) is 9.97 Å². The van der Waals surface area contributed by atoms with Gasteiger partial charge in [0.05, 0.1) is 11.4 Å². The molecule has 0 bridgehead atoms. The molecule has 1 saturated heterocycles. The highest BCUT2D eigenvalue weighted by molar-refractivity contribution is 6.01. The van der Waals surface area contributed by atoms with E-state index in [1.807, 2.05) is 28.8 Å². The topological polar surface area (TPSA) is 136 Å². The minimum absolute atomic E-state index is 0.0175. The van der Waals surface area contributed by atoms with Crippen LogP contribution in [0.25, 0.3) is 22.2 Å². The maximum atomic E-state index is 15.5. The van der Waals surface area contributed by atoms with E-state index in [0.717, 1.165) is 12.8 Å². The highest BCUT2D eigenvalue weighted by Gasteiger charge is 2.32. The van der Waals surface area contributed by atoms with Crippen LogP contribution in [0.3, 0.4) is 0 Å². The zero-order valence-electron chi connectivity index (χ0n) is 22.3. The Hall–Kier alpha value is -4.75. The van der Waals surface area contributed by atoms with Gasteiger partial charge in [-0.05, 0) is 57.0 Å². The normalized spacial score (nSPS) is 15.8. The Morgan fingerprint density at radius 1 is 1.20 bits per heavy atom. The van der Waals surface area contributed by atoms with E-state index in [0.29, 0.717) is 46.7 Å². The number of hydrogen-bond donors (Lipinski definition) is 2. The maximum Gasteiger partial charge on any atom is 0.264 e. The number of hydrogen-bond acceptors (Lipinski definition) is 7. The van der Waals surface area contributed by atoms with Crippen molar-refractivity contribution in [2.75, 3.05) is 12.3 Å². The molecule has 0 radical (unpaired) electrons. The van der Waals surface area contributed by atoms with Crippen LogP contribution in [-0.4, -0.2) is 43.5 Å². The van der Waals surface area contributed by atoms with Gasteiger partial charge in [-0.2, -0.15) is 5.26 Å². The summed E-state index contributed by atoms with van der Waals surface area (Å²) < 4.78 is 23.1. The molecule has 204 valence electrons. The standard InChI is InChI=1S/C30H30FN7O2/c1-30(2,34)14-19(15-32)29(39)38-12-6-7-20(38)16-37-17-24(26-27(33)35-18-36-28(26)37)23-11-10-22(13-25(23)31)40-21-8-4-3-5-9-21/h3-5,8-11,13-14,17-18,20H,6-7,12,16,34H2,1-2H3,(H2,33,35,36)/b19-14-/t20-/m0/s1. The molecule has 10 heteroatoms. The SMILES string of the molecule is CC(C)(N)/C=C(/C#N)C(=O)N1CCC[C@H]1Cn1cc(-c2ccc(Oc3ccccc3)cc2F)c2c(N)ncnc21. The molecular formula is C30H30FN7O2. The number of aromatic nitrogens is 3. The summed E-state index contributed by atoms with van der Waals surface area (Å²) in [7, 11) is 0. The molecule has 4 aromatic rings. The fourth-order valence-electron chi connectivity index (χ4n) is 5.08. The number of para-hydroxylation sites is 1. The fourth-order valence-corrected chi connectivity index (χ4v) is 5.08. The molecule has 9 nitrogen and oxygen atoms in total. The first-order chi connectivity index (χ1) is 19.1. The van der Waals surface area contributed by atoms with Crippen LogP contribution in [0.5, 0.6) is 11.5 Å². The predicted octanol–water partition coefficient (Wildman–Crippen LogP) is 4.79. The van der Waals surface area contributed by atoms with Crippen LogP contribution in [0.2, 0.25) is 0 Å². The minimum atomic E-state index is -0.804. The first-order valence-electron chi connectivity index (χ1n) is 13.0. The van der Waals surface area contributed by atoms with Crippen LogP contribution in [0.1, 0.15) is 26.7 Å². The average molecular weight is 540 g/mol. The molecule has 1 aliphatic heterocycles. The molecule has 2 aromatic heterocycles. The quantitative estimate of drug-likeness (QED) is 0.255. The highest BCUT2D eigenvalue weighted by Crippen LogP contribution is 2.36. The molecule has 0 spiro atoms. The Morgan fingerprint density at radius 3 is 2.67 bits per heavy atom.